The molecule has 1 rings (SSSR count). The van der Waals surface area contributed by atoms with E-state index in [4.69, 9.17) is 4.74 Å². The number of Topliss-reactive ketones (excluding diaryl/α,β-unsaturated/α-hetero) is 1. The van der Waals surface area contributed by atoms with E-state index in [9.17, 15) is 9.59 Å². The number of hydrogen-bond donors (Lipinski definition) is 1. The standard InChI is InChI=1S/C12H14O3S/c1-3-15-12(14)11-9(7-8(2)13)5-4-6-10(11)16/h4-6,16H,3,7H2,1-2H3. The first kappa shape index (κ1) is 12.8. The molecule has 1 aromatic rings. The summed E-state index contributed by atoms with van der Waals surface area (Å²) in [7, 11) is 0. The van der Waals surface area contributed by atoms with Crippen molar-refractivity contribution in [3.8, 4) is 0 Å². The first-order valence-corrected chi connectivity index (χ1v) is 5.48. The van der Waals surface area contributed by atoms with Crippen molar-refractivity contribution in [1.29, 1.82) is 0 Å². The van der Waals surface area contributed by atoms with Crippen molar-refractivity contribution in [2.24, 2.45) is 0 Å². The van der Waals surface area contributed by atoms with Crippen LogP contribution in [0, 0.1) is 0 Å². The molecule has 4 heteroatoms. The Labute approximate surface area is 100 Å². The maximum absolute atomic E-state index is 11.7. The predicted molar refractivity (Wildman–Crippen MR) is 64.0 cm³/mol. The van der Waals surface area contributed by atoms with Crippen molar-refractivity contribution in [3.05, 3.63) is 29.3 Å². The summed E-state index contributed by atoms with van der Waals surface area (Å²) in [5, 5.41) is 0. The second-order valence-corrected chi connectivity index (χ2v) is 3.89. The first-order valence-electron chi connectivity index (χ1n) is 5.03. The zero-order chi connectivity index (χ0) is 12.1. The lowest BCUT2D eigenvalue weighted by molar-refractivity contribution is -0.116. The monoisotopic (exact) mass is 238 g/mol. The number of rotatable bonds is 4. The topological polar surface area (TPSA) is 43.4 Å². The molecule has 0 unspecified atom stereocenters. The number of ether oxygens (including phenoxy) is 1. The van der Waals surface area contributed by atoms with Crippen molar-refractivity contribution in [1.82, 2.24) is 0 Å². The van der Waals surface area contributed by atoms with Gasteiger partial charge in [-0.15, -0.1) is 12.6 Å². The zero-order valence-corrected chi connectivity index (χ0v) is 10.2. The molecular weight excluding hydrogens is 224 g/mol. The fourth-order valence-corrected chi connectivity index (χ4v) is 1.76. The van der Waals surface area contributed by atoms with E-state index in [0.717, 1.165) is 0 Å². The maximum Gasteiger partial charge on any atom is 0.339 e. The molecule has 1 aromatic carbocycles. The third kappa shape index (κ3) is 3.10. The van der Waals surface area contributed by atoms with E-state index in [0.29, 0.717) is 22.6 Å². The van der Waals surface area contributed by atoms with Crippen molar-refractivity contribution in [2.75, 3.05) is 6.61 Å². The average molecular weight is 238 g/mol. The van der Waals surface area contributed by atoms with Gasteiger partial charge < -0.3 is 4.74 Å². The summed E-state index contributed by atoms with van der Waals surface area (Å²) in [5.41, 5.74) is 1.06. The van der Waals surface area contributed by atoms with Crippen LogP contribution in [0.4, 0.5) is 0 Å². The highest BCUT2D eigenvalue weighted by atomic mass is 32.1. The fourth-order valence-electron chi connectivity index (χ4n) is 1.44. The normalized spacial score (nSPS) is 9.94. The van der Waals surface area contributed by atoms with Crippen molar-refractivity contribution < 1.29 is 14.3 Å². The highest BCUT2D eigenvalue weighted by molar-refractivity contribution is 7.80. The van der Waals surface area contributed by atoms with Gasteiger partial charge in [0.05, 0.1) is 12.2 Å². The fraction of sp³-hybridized carbons (Fsp3) is 0.333. The molecule has 0 spiro atoms. The van der Waals surface area contributed by atoms with Gasteiger partial charge in [0.2, 0.25) is 0 Å². The molecule has 0 amide bonds. The predicted octanol–water partition coefficient (Wildman–Crippen LogP) is 2.28. The minimum absolute atomic E-state index is 0.00415. The van der Waals surface area contributed by atoms with Gasteiger partial charge in [-0.1, -0.05) is 12.1 Å². The molecule has 0 radical (unpaired) electrons. The number of carbonyl (C=O) groups is 2. The van der Waals surface area contributed by atoms with Crippen LogP contribution in [0.3, 0.4) is 0 Å². The Hall–Kier alpha value is -1.29. The molecule has 3 nitrogen and oxygen atoms in total. The highest BCUT2D eigenvalue weighted by Gasteiger charge is 2.16. The van der Waals surface area contributed by atoms with Gasteiger partial charge in [-0.25, -0.2) is 4.79 Å². The van der Waals surface area contributed by atoms with E-state index in [2.05, 4.69) is 12.6 Å². The molecule has 0 saturated heterocycles. The third-order valence-electron chi connectivity index (χ3n) is 2.05. The van der Waals surface area contributed by atoms with Gasteiger partial charge in [0, 0.05) is 11.3 Å². The Balaban J connectivity index is 3.12. The quantitative estimate of drug-likeness (QED) is 0.646. The molecule has 86 valence electrons. The molecule has 0 fully saturated rings. The number of esters is 1. The molecule has 0 bridgehead atoms. The summed E-state index contributed by atoms with van der Waals surface area (Å²) in [4.78, 5) is 23.3. The van der Waals surface area contributed by atoms with E-state index < -0.39 is 5.97 Å². The number of benzene rings is 1. The van der Waals surface area contributed by atoms with Crippen molar-refractivity contribution >= 4 is 24.4 Å². The molecule has 0 aliphatic carbocycles. The van der Waals surface area contributed by atoms with Gasteiger partial charge >= 0.3 is 5.97 Å². The Kier molecular flexibility index (Phi) is 4.55. The van der Waals surface area contributed by atoms with Crippen LogP contribution in [-0.2, 0) is 16.0 Å². The largest absolute Gasteiger partial charge is 0.462 e. The second-order valence-electron chi connectivity index (χ2n) is 3.41. The molecule has 0 aliphatic rings. The van der Waals surface area contributed by atoms with Crippen LogP contribution in [0.2, 0.25) is 0 Å². The van der Waals surface area contributed by atoms with Gasteiger partial charge in [0.25, 0.3) is 0 Å². The Morgan fingerprint density at radius 1 is 1.38 bits per heavy atom. The smallest absolute Gasteiger partial charge is 0.339 e. The lowest BCUT2D eigenvalue weighted by Crippen LogP contribution is -2.11. The summed E-state index contributed by atoms with van der Waals surface area (Å²) in [6.45, 7) is 3.53. The maximum atomic E-state index is 11.7. The zero-order valence-electron chi connectivity index (χ0n) is 9.32. The minimum atomic E-state index is -0.427. The molecule has 0 heterocycles. The third-order valence-corrected chi connectivity index (χ3v) is 2.42. The average Bonchev–Trinajstić information content (AvgIpc) is 2.16. The molecular formula is C12H14O3S. The molecule has 0 N–H and O–H groups in total. The lowest BCUT2D eigenvalue weighted by Gasteiger charge is -2.09. The number of thiol groups is 1. The van der Waals surface area contributed by atoms with E-state index in [1.54, 1.807) is 25.1 Å². The SMILES string of the molecule is CCOC(=O)c1c(S)cccc1CC(C)=O. The van der Waals surface area contributed by atoms with E-state index >= 15 is 0 Å². The minimum Gasteiger partial charge on any atom is -0.462 e. The van der Waals surface area contributed by atoms with Gasteiger partial charge in [-0.05, 0) is 25.5 Å². The van der Waals surface area contributed by atoms with Crippen LogP contribution in [0.5, 0.6) is 0 Å². The first-order chi connectivity index (χ1) is 7.56. The lowest BCUT2D eigenvalue weighted by atomic mass is 10.0. The van der Waals surface area contributed by atoms with Crippen LogP contribution in [-0.4, -0.2) is 18.4 Å². The summed E-state index contributed by atoms with van der Waals surface area (Å²) in [5.74, 6) is -0.422. The van der Waals surface area contributed by atoms with Crippen molar-refractivity contribution in [2.45, 2.75) is 25.2 Å². The summed E-state index contributed by atoms with van der Waals surface area (Å²) >= 11 is 4.21. The summed E-state index contributed by atoms with van der Waals surface area (Å²) in [6, 6.07) is 5.22. The summed E-state index contributed by atoms with van der Waals surface area (Å²) in [6.07, 6.45) is 0.225. The van der Waals surface area contributed by atoms with Crippen molar-refractivity contribution in [3.63, 3.8) is 0 Å². The molecule has 0 aromatic heterocycles. The van der Waals surface area contributed by atoms with Gasteiger partial charge in [0.1, 0.15) is 5.78 Å². The van der Waals surface area contributed by atoms with E-state index in [1.807, 2.05) is 0 Å². The van der Waals surface area contributed by atoms with Crippen LogP contribution >= 0.6 is 12.6 Å². The molecule has 0 aliphatic heterocycles. The van der Waals surface area contributed by atoms with Gasteiger partial charge in [-0.3, -0.25) is 4.79 Å². The second kappa shape index (κ2) is 5.70. The Bertz CT molecular complexity index is 413. The van der Waals surface area contributed by atoms with Crippen LogP contribution in [0.25, 0.3) is 0 Å². The molecule has 0 saturated carbocycles. The van der Waals surface area contributed by atoms with Crippen LogP contribution in [0.15, 0.2) is 23.1 Å². The highest BCUT2D eigenvalue weighted by Crippen LogP contribution is 2.20. The molecule has 0 atom stereocenters. The van der Waals surface area contributed by atoms with E-state index in [-0.39, 0.29) is 12.2 Å². The summed E-state index contributed by atoms with van der Waals surface area (Å²) < 4.78 is 4.93. The number of carbonyl (C=O) groups excluding carboxylic acids is 2. The van der Waals surface area contributed by atoms with Crippen LogP contribution in [0.1, 0.15) is 29.8 Å². The van der Waals surface area contributed by atoms with Gasteiger partial charge in [-0.2, -0.15) is 0 Å². The number of ketones is 1. The molecule has 16 heavy (non-hydrogen) atoms. The Morgan fingerprint density at radius 3 is 2.62 bits per heavy atom. The van der Waals surface area contributed by atoms with Gasteiger partial charge in [0.15, 0.2) is 0 Å². The van der Waals surface area contributed by atoms with E-state index in [1.165, 1.54) is 6.92 Å². The Morgan fingerprint density at radius 2 is 2.06 bits per heavy atom. The van der Waals surface area contributed by atoms with Crippen LogP contribution < -0.4 is 0 Å². The number of hydrogen-bond acceptors (Lipinski definition) is 4.